The summed E-state index contributed by atoms with van der Waals surface area (Å²) in [4.78, 5) is 11.7. The van der Waals surface area contributed by atoms with Crippen LogP contribution < -0.4 is 11.4 Å². The Morgan fingerprint density at radius 3 is 2.74 bits per heavy atom. The zero-order valence-corrected chi connectivity index (χ0v) is 12.0. The lowest BCUT2D eigenvalue weighted by Crippen LogP contribution is -2.24. The fraction of sp³-hybridized carbons (Fsp3) is 0.500. The first-order valence-electron chi connectivity index (χ1n) is 6.13. The molecule has 2 aromatic heterocycles. The van der Waals surface area contributed by atoms with Crippen molar-refractivity contribution in [2.24, 2.45) is 5.73 Å². The van der Waals surface area contributed by atoms with Gasteiger partial charge >= 0.3 is 5.69 Å². The lowest BCUT2D eigenvalue weighted by Gasteiger charge is -2.18. The van der Waals surface area contributed by atoms with Gasteiger partial charge in [-0.05, 0) is 32.9 Å². The van der Waals surface area contributed by atoms with Crippen LogP contribution in [0.1, 0.15) is 37.8 Å². The van der Waals surface area contributed by atoms with Crippen molar-refractivity contribution in [1.82, 2.24) is 14.8 Å². The molecule has 0 aliphatic carbocycles. The molecule has 2 aromatic rings. The molecular weight excluding hydrogens is 264 g/mol. The highest BCUT2D eigenvalue weighted by Crippen LogP contribution is 2.36. The Bertz CT molecular complexity index is 571. The van der Waals surface area contributed by atoms with Crippen molar-refractivity contribution in [3.05, 3.63) is 34.6 Å². The SMILES string of the molecule is CC(N)C(Sc1n[nH]c(=O)n1C(C)C)c1ccco1. The second-order valence-corrected chi connectivity index (χ2v) is 5.80. The summed E-state index contributed by atoms with van der Waals surface area (Å²) in [6.45, 7) is 5.79. The number of nitrogens with zero attached hydrogens (tertiary/aromatic N) is 2. The van der Waals surface area contributed by atoms with E-state index in [1.54, 1.807) is 10.8 Å². The van der Waals surface area contributed by atoms with Gasteiger partial charge in [0.2, 0.25) is 0 Å². The second kappa shape index (κ2) is 5.66. The molecule has 2 unspecified atom stereocenters. The molecule has 0 bridgehead atoms. The number of rotatable bonds is 5. The highest BCUT2D eigenvalue weighted by atomic mass is 32.2. The number of aromatic amines is 1. The van der Waals surface area contributed by atoms with E-state index < -0.39 is 0 Å². The molecule has 2 rings (SSSR count). The number of aromatic nitrogens is 3. The van der Waals surface area contributed by atoms with Crippen molar-refractivity contribution < 1.29 is 4.42 Å². The van der Waals surface area contributed by atoms with Gasteiger partial charge in [0.15, 0.2) is 5.16 Å². The zero-order chi connectivity index (χ0) is 14.0. The third-order valence-corrected chi connectivity index (χ3v) is 4.14. The third-order valence-electron chi connectivity index (χ3n) is 2.72. The Hall–Kier alpha value is -1.47. The van der Waals surface area contributed by atoms with Crippen molar-refractivity contribution in [3.63, 3.8) is 0 Å². The van der Waals surface area contributed by atoms with Crippen LogP contribution in [0.15, 0.2) is 32.8 Å². The van der Waals surface area contributed by atoms with Crippen molar-refractivity contribution in [2.45, 2.75) is 43.3 Å². The Morgan fingerprint density at radius 2 is 2.21 bits per heavy atom. The van der Waals surface area contributed by atoms with Crippen LogP contribution in [0.4, 0.5) is 0 Å². The fourth-order valence-electron chi connectivity index (χ4n) is 1.82. The number of nitrogens with one attached hydrogen (secondary N) is 1. The molecule has 2 atom stereocenters. The van der Waals surface area contributed by atoms with Crippen LogP contribution in [0, 0.1) is 0 Å². The van der Waals surface area contributed by atoms with Gasteiger partial charge in [-0.15, -0.1) is 5.10 Å². The van der Waals surface area contributed by atoms with Gasteiger partial charge in [-0.2, -0.15) is 0 Å². The van der Waals surface area contributed by atoms with Gasteiger partial charge in [-0.1, -0.05) is 11.8 Å². The third kappa shape index (κ3) is 2.93. The average Bonchev–Trinajstić information content (AvgIpc) is 2.94. The number of H-pyrrole nitrogens is 1. The van der Waals surface area contributed by atoms with Gasteiger partial charge in [-0.3, -0.25) is 4.57 Å². The zero-order valence-electron chi connectivity index (χ0n) is 11.2. The summed E-state index contributed by atoms with van der Waals surface area (Å²) in [7, 11) is 0. The summed E-state index contributed by atoms with van der Waals surface area (Å²) in [5.74, 6) is 0.783. The molecule has 0 spiro atoms. The minimum absolute atomic E-state index is 0.0408. The van der Waals surface area contributed by atoms with E-state index in [0.717, 1.165) is 5.76 Å². The fourth-order valence-corrected chi connectivity index (χ4v) is 3.02. The Balaban J connectivity index is 2.31. The van der Waals surface area contributed by atoms with Crippen LogP contribution in [0.25, 0.3) is 0 Å². The summed E-state index contributed by atoms with van der Waals surface area (Å²) in [5, 5.41) is 7.08. The molecule has 0 saturated carbocycles. The maximum Gasteiger partial charge on any atom is 0.344 e. The van der Waals surface area contributed by atoms with E-state index >= 15 is 0 Å². The van der Waals surface area contributed by atoms with E-state index in [2.05, 4.69) is 10.2 Å². The lowest BCUT2D eigenvalue weighted by molar-refractivity contribution is 0.483. The Morgan fingerprint density at radius 1 is 1.47 bits per heavy atom. The Kier molecular flexibility index (Phi) is 4.16. The van der Waals surface area contributed by atoms with Gasteiger partial charge in [-0.25, -0.2) is 9.89 Å². The summed E-state index contributed by atoms with van der Waals surface area (Å²) in [6.07, 6.45) is 1.62. The molecule has 7 heteroatoms. The van der Waals surface area contributed by atoms with E-state index in [1.807, 2.05) is 32.9 Å². The molecule has 3 N–H and O–H groups in total. The summed E-state index contributed by atoms with van der Waals surface area (Å²) >= 11 is 1.43. The highest BCUT2D eigenvalue weighted by molar-refractivity contribution is 7.99. The summed E-state index contributed by atoms with van der Waals surface area (Å²) < 4.78 is 7.02. The molecule has 6 nitrogen and oxygen atoms in total. The number of furan rings is 1. The van der Waals surface area contributed by atoms with E-state index in [1.165, 1.54) is 11.8 Å². The molecule has 2 heterocycles. The second-order valence-electron chi connectivity index (χ2n) is 4.69. The average molecular weight is 282 g/mol. The molecule has 0 amide bonds. The quantitative estimate of drug-likeness (QED) is 0.818. The van der Waals surface area contributed by atoms with Crippen LogP contribution in [0.2, 0.25) is 0 Å². The van der Waals surface area contributed by atoms with Crippen LogP contribution in [-0.4, -0.2) is 20.8 Å². The maximum atomic E-state index is 11.7. The van der Waals surface area contributed by atoms with Crippen molar-refractivity contribution >= 4 is 11.8 Å². The predicted molar refractivity (Wildman–Crippen MR) is 74.2 cm³/mol. The molecule has 0 saturated heterocycles. The largest absolute Gasteiger partial charge is 0.468 e. The van der Waals surface area contributed by atoms with E-state index in [-0.39, 0.29) is 23.0 Å². The predicted octanol–water partition coefficient (Wildman–Crippen LogP) is 1.93. The summed E-state index contributed by atoms with van der Waals surface area (Å²) in [5.41, 5.74) is 5.79. The first kappa shape index (κ1) is 14.0. The smallest absolute Gasteiger partial charge is 0.344 e. The minimum atomic E-state index is -0.208. The molecule has 19 heavy (non-hydrogen) atoms. The van der Waals surface area contributed by atoms with Crippen LogP contribution in [-0.2, 0) is 0 Å². The van der Waals surface area contributed by atoms with Crippen LogP contribution in [0.5, 0.6) is 0 Å². The molecule has 0 aliphatic rings. The lowest BCUT2D eigenvalue weighted by atomic mass is 10.2. The van der Waals surface area contributed by atoms with Crippen molar-refractivity contribution in [3.8, 4) is 0 Å². The van der Waals surface area contributed by atoms with E-state index in [4.69, 9.17) is 10.2 Å². The van der Waals surface area contributed by atoms with E-state index in [0.29, 0.717) is 5.16 Å². The van der Waals surface area contributed by atoms with Crippen LogP contribution >= 0.6 is 11.8 Å². The topological polar surface area (TPSA) is 89.8 Å². The van der Waals surface area contributed by atoms with E-state index in [9.17, 15) is 4.79 Å². The standard InChI is InChI=1S/C12H18N4O2S/c1-7(2)16-11(17)14-15-12(16)19-10(8(3)13)9-5-4-6-18-9/h4-8,10H,13H2,1-3H3,(H,14,17). The number of hydrogen-bond acceptors (Lipinski definition) is 5. The number of thioether (sulfide) groups is 1. The molecule has 0 radical (unpaired) electrons. The maximum absolute atomic E-state index is 11.7. The van der Waals surface area contributed by atoms with Gasteiger partial charge in [0.25, 0.3) is 0 Å². The summed E-state index contributed by atoms with van der Waals surface area (Å²) in [6, 6.07) is 3.62. The normalized spacial score (nSPS) is 14.8. The van der Waals surface area contributed by atoms with Crippen molar-refractivity contribution in [1.29, 1.82) is 0 Å². The first-order chi connectivity index (χ1) is 9.00. The van der Waals surface area contributed by atoms with Gasteiger partial charge in [0.1, 0.15) is 5.76 Å². The van der Waals surface area contributed by atoms with Crippen molar-refractivity contribution in [2.75, 3.05) is 0 Å². The minimum Gasteiger partial charge on any atom is -0.468 e. The monoisotopic (exact) mass is 282 g/mol. The first-order valence-corrected chi connectivity index (χ1v) is 7.01. The molecule has 104 valence electrons. The molecular formula is C12H18N4O2S. The van der Waals surface area contributed by atoms with Gasteiger partial charge in [0, 0.05) is 12.1 Å². The number of hydrogen-bond donors (Lipinski definition) is 2. The number of nitrogens with two attached hydrogens (primary N) is 1. The Labute approximate surface area is 115 Å². The van der Waals surface area contributed by atoms with Gasteiger partial charge < -0.3 is 10.2 Å². The molecule has 0 aromatic carbocycles. The molecule has 0 aliphatic heterocycles. The van der Waals surface area contributed by atoms with Crippen LogP contribution in [0.3, 0.4) is 0 Å². The molecule has 0 fully saturated rings. The van der Waals surface area contributed by atoms with Gasteiger partial charge in [0.05, 0.1) is 11.5 Å². The highest BCUT2D eigenvalue weighted by Gasteiger charge is 2.24.